The third-order valence-electron chi connectivity index (χ3n) is 10.7. The molecule has 0 aromatic rings. The Balaban J connectivity index is 1.20. The van der Waals surface area contributed by atoms with Gasteiger partial charge in [-0.05, 0) is 56.3 Å². The van der Waals surface area contributed by atoms with Crippen LogP contribution in [0.25, 0.3) is 0 Å². The van der Waals surface area contributed by atoms with E-state index in [1.54, 1.807) is 12.8 Å². The highest BCUT2D eigenvalue weighted by atomic mass is 16.5. The topological polar surface area (TPSA) is 18.5 Å². The SMILES string of the molecule is [CH2]C(COCCCCCCCCC1CC1CCCCCCCC)OCCCCCCCCC1CC1CCCCCCCC. The van der Waals surface area contributed by atoms with Gasteiger partial charge in [-0.15, -0.1) is 0 Å². The van der Waals surface area contributed by atoms with Crippen molar-refractivity contribution in [3.8, 4) is 0 Å². The van der Waals surface area contributed by atoms with E-state index in [1.807, 2.05) is 0 Å². The largest absolute Gasteiger partial charge is 0.379 e. The van der Waals surface area contributed by atoms with Gasteiger partial charge in [-0.25, -0.2) is 0 Å². The minimum absolute atomic E-state index is 0.00450. The second-order valence-corrected chi connectivity index (χ2v) is 15.0. The van der Waals surface area contributed by atoms with Crippen LogP contribution < -0.4 is 0 Å². The van der Waals surface area contributed by atoms with Gasteiger partial charge >= 0.3 is 0 Å². The Kier molecular flexibility index (Phi) is 25.6. The van der Waals surface area contributed by atoms with Crippen LogP contribution in [0, 0.1) is 30.6 Å². The lowest BCUT2D eigenvalue weighted by Gasteiger charge is -2.13. The predicted molar refractivity (Wildman–Crippen MR) is 190 cm³/mol. The van der Waals surface area contributed by atoms with Crippen molar-refractivity contribution in [3.05, 3.63) is 6.92 Å². The predicted octanol–water partition coefficient (Wildman–Crippen LogP) is 13.5. The van der Waals surface area contributed by atoms with Gasteiger partial charge in [0.1, 0.15) is 0 Å². The molecule has 0 aromatic heterocycles. The normalized spacial score (nSPS) is 21.8. The van der Waals surface area contributed by atoms with Crippen LogP contribution in [0.1, 0.15) is 206 Å². The molecule has 2 rings (SSSR count). The highest BCUT2D eigenvalue weighted by Crippen LogP contribution is 2.46. The average molecular weight is 604 g/mol. The summed E-state index contributed by atoms with van der Waals surface area (Å²) in [6, 6.07) is 0. The number of rotatable bonds is 35. The molecule has 0 saturated heterocycles. The van der Waals surface area contributed by atoms with Crippen molar-refractivity contribution in [2.24, 2.45) is 23.7 Å². The van der Waals surface area contributed by atoms with Crippen molar-refractivity contribution in [2.75, 3.05) is 19.8 Å². The molecule has 2 fully saturated rings. The van der Waals surface area contributed by atoms with Gasteiger partial charge in [0.15, 0.2) is 0 Å². The molecule has 0 aromatic carbocycles. The maximum atomic E-state index is 5.89. The van der Waals surface area contributed by atoms with E-state index in [-0.39, 0.29) is 6.10 Å². The first kappa shape index (κ1) is 39.1. The van der Waals surface area contributed by atoms with Gasteiger partial charge in [-0.3, -0.25) is 0 Å². The van der Waals surface area contributed by atoms with Crippen LogP contribution in [0.3, 0.4) is 0 Å². The van der Waals surface area contributed by atoms with Gasteiger partial charge in [-0.2, -0.15) is 0 Å². The fraction of sp³-hybridized carbons (Fsp3) is 0.976. The maximum absolute atomic E-state index is 5.89. The highest BCUT2D eigenvalue weighted by Gasteiger charge is 2.35. The van der Waals surface area contributed by atoms with E-state index < -0.39 is 0 Å². The third-order valence-corrected chi connectivity index (χ3v) is 10.7. The lowest BCUT2D eigenvalue weighted by molar-refractivity contribution is 0.00440. The zero-order valence-corrected chi connectivity index (χ0v) is 29.7. The Hall–Kier alpha value is -0.0800. The first-order valence-corrected chi connectivity index (χ1v) is 20.3. The van der Waals surface area contributed by atoms with Crippen molar-refractivity contribution in [2.45, 2.75) is 213 Å². The molecule has 0 spiro atoms. The summed E-state index contributed by atoms with van der Waals surface area (Å²) >= 11 is 0. The summed E-state index contributed by atoms with van der Waals surface area (Å²) in [7, 11) is 0. The minimum Gasteiger partial charge on any atom is -0.379 e. The van der Waals surface area contributed by atoms with Crippen LogP contribution in [-0.4, -0.2) is 25.9 Å². The Labute approximate surface area is 272 Å². The van der Waals surface area contributed by atoms with Gasteiger partial charge in [-0.1, -0.05) is 181 Å². The van der Waals surface area contributed by atoms with Gasteiger partial charge < -0.3 is 9.47 Å². The lowest BCUT2D eigenvalue weighted by Crippen LogP contribution is -2.17. The monoisotopic (exact) mass is 604 g/mol. The zero-order chi connectivity index (χ0) is 30.6. The Morgan fingerprint density at radius 1 is 0.442 bits per heavy atom. The highest BCUT2D eigenvalue weighted by molar-refractivity contribution is 4.86. The molecule has 0 bridgehead atoms. The van der Waals surface area contributed by atoms with Crippen molar-refractivity contribution >= 4 is 0 Å². The molecule has 2 aliphatic rings. The maximum Gasteiger partial charge on any atom is 0.0809 e. The second-order valence-electron chi connectivity index (χ2n) is 15.0. The fourth-order valence-corrected chi connectivity index (χ4v) is 7.45. The van der Waals surface area contributed by atoms with Gasteiger partial charge in [0, 0.05) is 13.2 Å². The summed E-state index contributed by atoms with van der Waals surface area (Å²) in [5, 5.41) is 0. The quantitative estimate of drug-likeness (QED) is 0.0671. The molecule has 0 heterocycles. The van der Waals surface area contributed by atoms with Crippen LogP contribution in [0.5, 0.6) is 0 Å². The van der Waals surface area contributed by atoms with E-state index in [4.69, 9.17) is 9.47 Å². The van der Waals surface area contributed by atoms with E-state index in [1.165, 1.54) is 180 Å². The number of unbranched alkanes of at least 4 members (excludes halogenated alkanes) is 20. The number of hydrogen-bond donors (Lipinski definition) is 0. The summed E-state index contributed by atoms with van der Waals surface area (Å²) < 4.78 is 11.7. The Morgan fingerprint density at radius 2 is 0.767 bits per heavy atom. The molecule has 0 amide bonds. The van der Waals surface area contributed by atoms with Crippen LogP contribution >= 0.6 is 0 Å². The molecule has 2 aliphatic carbocycles. The van der Waals surface area contributed by atoms with Crippen molar-refractivity contribution in [1.82, 2.24) is 0 Å². The number of hydrogen-bond acceptors (Lipinski definition) is 2. The van der Waals surface area contributed by atoms with Crippen LogP contribution in [-0.2, 0) is 9.47 Å². The van der Waals surface area contributed by atoms with E-state index in [0.717, 1.165) is 36.9 Å². The number of ether oxygens (including phenoxy) is 2. The summed E-state index contributed by atoms with van der Waals surface area (Å²) in [5.41, 5.74) is 0. The van der Waals surface area contributed by atoms with Gasteiger partial charge in [0.25, 0.3) is 0 Å². The Morgan fingerprint density at radius 3 is 1.16 bits per heavy atom. The molecule has 2 saturated carbocycles. The van der Waals surface area contributed by atoms with Crippen molar-refractivity contribution < 1.29 is 9.47 Å². The minimum atomic E-state index is -0.00450. The first-order chi connectivity index (χ1) is 21.2. The molecule has 255 valence electrons. The van der Waals surface area contributed by atoms with Gasteiger partial charge in [0.2, 0.25) is 0 Å². The average Bonchev–Trinajstić information content (AvgIpc) is 3.94. The van der Waals surface area contributed by atoms with Crippen molar-refractivity contribution in [1.29, 1.82) is 0 Å². The molecule has 2 nitrogen and oxygen atoms in total. The molecule has 43 heavy (non-hydrogen) atoms. The molecule has 5 unspecified atom stereocenters. The molecular formula is C41H79O2. The van der Waals surface area contributed by atoms with E-state index in [9.17, 15) is 0 Å². The smallest absolute Gasteiger partial charge is 0.0809 e. The van der Waals surface area contributed by atoms with Crippen LogP contribution in [0.4, 0.5) is 0 Å². The summed E-state index contributed by atoms with van der Waals surface area (Å²) in [5.74, 6) is 4.39. The molecule has 2 heteroatoms. The van der Waals surface area contributed by atoms with Gasteiger partial charge in [0.05, 0.1) is 12.7 Å². The van der Waals surface area contributed by atoms with E-state index in [0.29, 0.717) is 6.61 Å². The van der Waals surface area contributed by atoms with Crippen LogP contribution in [0.2, 0.25) is 0 Å². The summed E-state index contributed by atoms with van der Waals surface area (Å²) in [4.78, 5) is 0. The summed E-state index contributed by atoms with van der Waals surface area (Å²) in [6.45, 7) is 11.1. The van der Waals surface area contributed by atoms with Crippen LogP contribution in [0.15, 0.2) is 0 Å². The second kappa shape index (κ2) is 28.2. The van der Waals surface area contributed by atoms with E-state index in [2.05, 4.69) is 20.8 Å². The molecular weight excluding hydrogens is 524 g/mol. The fourth-order valence-electron chi connectivity index (χ4n) is 7.45. The lowest BCUT2D eigenvalue weighted by atomic mass is 10.0. The third kappa shape index (κ3) is 23.9. The van der Waals surface area contributed by atoms with E-state index >= 15 is 0 Å². The molecule has 0 N–H and O–H groups in total. The summed E-state index contributed by atoms with van der Waals surface area (Å²) in [6.07, 6.45) is 42.9. The first-order valence-electron chi connectivity index (χ1n) is 20.3. The molecule has 0 aliphatic heterocycles. The van der Waals surface area contributed by atoms with Crippen molar-refractivity contribution in [3.63, 3.8) is 0 Å². The molecule has 5 atom stereocenters. The molecule has 1 radical (unpaired) electrons. The standard InChI is InChI=1S/C41H79O2/c1-4-6-8-10-16-22-28-38-34-40(38)30-24-18-12-14-20-26-32-42-36-37(3)43-33-27-21-15-13-19-25-31-41-35-39(41)29-23-17-11-9-7-5-2/h37-41H,3-36H2,1-2H3. The zero-order valence-electron chi connectivity index (χ0n) is 29.7. The Bertz CT molecular complexity index is 576.